The first-order valence-electron chi connectivity index (χ1n) is 7.97. The van der Waals surface area contributed by atoms with E-state index in [9.17, 15) is 5.11 Å². The molecule has 0 aliphatic carbocycles. The SMILES string of the molecule is CCCN1CCN(Cc2cccc(OC)c2)C(CCO)C1. The largest absolute Gasteiger partial charge is 0.497 e. The molecule has 1 unspecified atom stereocenters. The highest BCUT2D eigenvalue weighted by Crippen LogP contribution is 2.19. The second-order valence-electron chi connectivity index (χ2n) is 5.79. The van der Waals surface area contributed by atoms with Crippen LogP contribution in [-0.2, 0) is 6.54 Å². The molecule has 0 bridgehead atoms. The van der Waals surface area contributed by atoms with E-state index >= 15 is 0 Å². The average Bonchev–Trinajstić information content (AvgIpc) is 2.51. The minimum absolute atomic E-state index is 0.263. The molecule has 0 radical (unpaired) electrons. The topological polar surface area (TPSA) is 35.9 Å². The van der Waals surface area contributed by atoms with Crippen LogP contribution < -0.4 is 4.74 Å². The summed E-state index contributed by atoms with van der Waals surface area (Å²) in [6.07, 6.45) is 2.05. The first-order chi connectivity index (χ1) is 10.3. The van der Waals surface area contributed by atoms with E-state index in [-0.39, 0.29) is 6.61 Å². The van der Waals surface area contributed by atoms with Crippen molar-refractivity contribution < 1.29 is 9.84 Å². The highest BCUT2D eigenvalue weighted by Gasteiger charge is 2.26. The molecule has 2 rings (SSSR count). The number of methoxy groups -OCH3 is 1. The Morgan fingerprint density at radius 1 is 1.33 bits per heavy atom. The normalized spacial score (nSPS) is 20.6. The van der Waals surface area contributed by atoms with Crippen LogP contribution in [0.15, 0.2) is 24.3 Å². The molecule has 1 aromatic carbocycles. The summed E-state index contributed by atoms with van der Waals surface area (Å²) in [5.74, 6) is 0.913. The molecule has 1 N–H and O–H groups in total. The minimum atomic E-state index is 0.263. The lowest BCUT2D eigenvalue weighted by Gasteiger charge is -2.41. The van der Waals surface area contributed by atoms with Crippen molar-refractivity contribution in [3.8, 4) is 5.75 Å². The molecule has 0 saturated carbocycles. The van der Waals surface area contributed by atoms with Crippen LogP contribution in [0.25, 0.3) is 0 Å². The van der Waals surface area contributed by atoms with Crippen LogP contribution in [0.4, 0.5) is 0 Å². The van der Waals surface area contributed by atoms with Gasteiger partial charge in [0.2, 0.25) is 0 Å². The van der Waals surface area contributed by atoms with Crippen molar-refractivity contribution in [3.63, 3.8) is 0 Å². The molecule has 1 fully saturated rings. The number of ether oxygens (including phenoxy) is 1. The van der Waals surface area contributed by atoms with Gasteiger partial charge in [-0.1, -0.05) is 19.1 Å². The lowest BCUT2D eigenvalue weighted by atomic mass is 10.1. The van der Waals surface area contributed by atoms with Crippen LogP contribution in [0.3, 0.4) is 0 Å². The maximum absolute atomic E-state index is 9.34. The van der Waals surface area contributed by atoms with Crippen molar-refractivity contribution in [2.24, 2.45) is 0 Å². The van der Waals surface area contributed by atoms with Gasteiger partial charge in [-0.3, -0.25) is 4.90 Å². The first kappa shape index (κ1) is 16.3. The fraction of sp³-hybridized carbons (Fsp3) is 0.647. The molecule has 4 nitrogen and oxygen atoms in total. The molecule has 1 atom stereocenters. The number of piperazine rings is 1. The maximum atomic E-state index is 9.34. The van der Waals surface area contributed by atoms with Crippen molar-refractivity contribution >= 4 is 0 Å². The Labute approximate surface area is 128 Å². The molecule has 1 heterocycles. The van der Waals surface area contributed by atoms with Crippen molar-refractivity contribution in [3.05, 3.63) is 29.8 Å². The second kappa shape index (κ2) is 8.37. The maximum Gasteiger partial charge on any atom is 0.119 e. The molecule has 0 amide bonds. The summed E-state index contributed by atoms with van der Waals surface area (Å²) < 4.78 is 5.30. The zero-order chi connectivity index (χ0) is 15.1. The third kappa shape index (κ3) is 4.70. The Kier molecular flexibility index (Phi) is 6.49. The molecule has 1 saturated heterocycles. The molecule has 0 aromatic heterocycles. The van der Waals surface area contributed by atoms with Gasteiger partial charge in [-0.05, 0) is 37.1 Å². The predicted octanol–water partition coefficient (Wildman–Crippen LogP) is 1.97. The monoisotopic (exact) mass is 292 g/mol. The zero-order valence-corrected chi connectivity index (χ0v) is 13.3. The van der Waals surface area contributed by atoms with Crippen molar-refractivity contribution in [2.75, 3.05) is 39.9 Å². The molecular weight excluding hydrogens is 264 g/mol. The van der Waals surface area contributed by atoms with Crippen molar-refractivity contribution in [1.82, 2.24) is 9.80 Å². The Morgan fingerprint density at radius 2 is 2.19 bits per heavy atom. The molecule has 1 aliphatic heterocycles. The molecule has 21 heavy (non-hydrogen) atoms. The molecule has 4 heteroatoms. The number of hydrogen-bond acceptors (Lipinski definition) is 4. The fourth-order valence-corrected chi connectivity index (χ4v) is 3.11. The van der Waals surface area contributed by atoms with Gasteiger partial charge in [-0.25, -0.2) is 0 Å². The van der Waals surface area contributed by atoms with Crippen molar-refractivity contribution in [1.29, 1.82) is 0 Å². The number of benzene rings is 1. The Morgan fingerprint density at radius 3 is 2.90 bits per heavy atom. The highest BCUT2D eigenvalue weighted by atomic mass is 16.5. The van der Waals surface area contributed by atoms with E-state index in [0.29, 0.717) is 6.04 Å². The van der Waals surface area contributed by atoms with Gasteiger partial charge in [-0.2, -0.15) is 0 Å². The number of hydrogen-bond donors (Lipinski definition) is 1. The van der Waals surface area contributed by atoms with Gasteiger partial charge >= 0.3 is 0 Å². The smallest absolute Gasteiger partial charge is 0.119 e. The van der Waals surface area contributed by atoms with Crippen LogP contribution in [0.2, 0.25) is 0 Å². The lowest BCUT2D eigenvalue weighted by Crippen LogP contribution is -2.53. The first-order valence-corrected chi connectivity index (χ1v) is 7.97. The van der Waals surface area contributed by atoms with Crippen LogP contribution in [-0.4, -0.2) is 60.8 Å². The van der Waals surface area contributed by atoms with Crippen molar-refractivity contribution in [2.45, 2.75) is 32.4 Å². The van der Waals surface area contributed by atoms with E-state index in [1.54, 1.807) is 7.11 Å². The van der Waals surface area contributed by atoms with Crippen LogP contribution in [0.5, 0.6) is 5.75 Å². The number of nitrogens with zero attached hydrogens (tertiary/aromatic N) is 2. The number of rotatable bonds is 7. The molecule has 118 valence electrons. The highest BCUT2D eigenvalue weighted by molar-refractivity contribution is 5.28. The number of aliphatic hydroxyl groups is 1. The Bertz CT molecular complexity index is 425. The fourth-order valence-electron chi connectivity index (χ4n) is 3.11. The second-order valence-corrected chi connectivity index (χ2v) is 5.79. The zero-order valence-electron chi connectivity index (χ0n) is 13.3. The van der Waals surface area contributed by atoms with Gasteiger partial charge in [0.25, 0.3) is 0 Å². The van der Waals surface area contributed by atoms with E-state index < -0.39 is 0 Å². The summed E-state index contributed by atoms with van der Waals surface area (Å²) in [4.78, 5) is 5.01. The van der Waals surface area contributed by atoms with Gasteiger partial charge < -0.3 is 14.7 Å². The summed E-state index contributed by atoms with van der Waals surface area (Å²) in [5.41, 5.74) is 1.28. The Hall–Kier alpha value is -1.10. The third-order valence-electron chi connectivity index (χ3n) is 4.21. The molecule has 1 aliphatic rings. The molecule has 1 aromatic rings. The molecule has 0 spiro atoms. The summed E-state index contributed by atoms with van der Waals surface area (Å²) >= 11 is 0. The van der Waals surface area contributed by atoms with Gasteiger partial charge in [-0.15, -0.1) is 0 Å². The van der Waals surface area contributed by atoms with Gasteiger partial charge in [0.1, 0.15) is 5.75 Å². The summed E-state index contributed by atoms with van der Waals surface area (Å²) in [6, 6.07) is 8.73. The summed E-state index contributed by atoms with van der Waals surface area (Å²) in [7, 11) is 1.71. The predicted molar refractivity (Wildman–Crippen MR) is 85.6 cm³/mol. The van der Waals surface area contributed by atoms with E-state index in [1.807, 2.05) is 12.1 Å². The van der Waals surface area contributed by atoms with Gasteiger partial charge in [0.05, 0.1) is 7.11 Å². The quantitative estimate of drug-likeness (QED) is 0.833. The van der Waals surface area contributed by atoms with Crippen LogP contribution in [0, 0.1) is 0 Å². The summed E-state index contributed by atoms with van der Waals surface area (Å²) in [6.45, 7) is 7.85. The van der Waals surface area contributed by atoms with E-state index in [1.165, 1.54) is 12.0 Å². The Balaban J connectivity index is 1.99. The van der Waals surface area contributed by atoms with Gasteiger partial charge in [0.15, 0.2) is 0 Å². The standard InChI is InChI=1S/C17H28N2O2/c1-3-8-18-9-10-19(16(14-18)7-11-20)13-15-5-4-6-17(12-15)21-2/h4-6,12,16,20H,3,7-11,13-14H2,1-2H3. The van der Waals surface area contributed by atoms with E-state index in [0.717, 1.165) is 44.9 Å². The average molecular weight is 292 g/mol. The minimum Gasteiger partial charge on any atom is -0.497 e. The van der Waals surface area contributed by atoms with Crippen LogP contribution in [0.1, 0.15) is 25.3 Å². The molecular formula is C17H28N2O2. The van der Waals surface area contributed by atoms with E-state index in [2.05, 4.69) is 28.9 Å². The number of aliphatic hydroxyl groups excluding tert-OH is 1. The lowest BCUT2D eigenvalue weighted by molar-refractivity contribution is 0.0538. The van der Waals surface area contributed by atoms with Crippen LogP contribution >= 0.6 is 0 Å². The summed E-state index contributed by atoms with van der Waals surface area (Å²) in [5, 5.41) is 9.34. The third-order valence-corrected chi connectivity index (χ3v) is 4.21. The van der Waals surface area contributed by atoms with Gasteiger partial charge in [0, 0.05) is 38.8 Å². The van der Waals surface area contributed by atoms with E-state index in [4.69, 9.17) is 4.74 Å².